The van der Waals surface area contributed by atoms with Gasteiger partial charge in [0.25, 0.3) is 0 Å². The number of hydrogen-bond donors (Lipinski definition) is 2. The molecule has 2 N–H and O–H groups in total. The first-order valence-electron chi connectivity index (χ1n) is 11.5. The Bertz CT molecular complexity index is 631. The number of piperidine rings is 1. The Labute approximate surface area is 198 Å². The van der Waals surface area contributed by atoms with Gasteiger partial charge in [0, 0.05) is 30.2 Å². The zero-order valence-electron chi connectivity index (χ0n) is 19.8. The Balaban J connectivity index is 0.000000224. The molecular weight excluding hydrogens is 435 g/mol. The van der Waals surface area contributed by atoms with Gasteiger partial charge >= 0.3 is 0 Å². The van der Waals surface area contributed by atoms with Gasteiger partial charge < -0.3 is 20.3 Å². The van der Waals surface area contributed by atoms with Crippen molar-refractivity contribution in [2.75, 3.05) is 37.7 Å². The van der Waals surface area contributed by atoms with Crippen molar-refractivity contribution in [1.29, 1.82) is 0 Å². The Kier molecular flexibility index (Phi) is 10.7. The third kappa shape index (κ3) is 10.2. The fourth-order valence-electron chi connectivity index (χ4n) is 4.55. The molecule has 2 fully saturated rings. The van der Waals surface area contributed by atoms with Crippen molar-refractivity contribution in [3.8, 4) is 0 Å². The molecule has 3 rings (SSSR count). The molecular formula is C22H40Cl2N6O. The maximum Gasteiger partial charge on any atom is 0.231 e. The summed E-state index contributed by atoms with van der Waals surface area (Å²) >= 11 is 11.3. The summed E-state index contributed by atoms with van der Waals surface area (Å²) in [5, 5.41) is 7.72. The predicted octanol–water partition coefficient (Wildman–Crippen LogP) is 4.48. The summed E-state index contributed by atoms with van der Waals surface area (Å²) < 4.78 is 5.20. The van der Waals surface area contributed by atoms with E-state index in [0.717, 1.165) is 13.1 Å². The molecule has 0 amide bonds. The number of rotatable bonds is 7. The van der Waals surface area contributed by atoms with E-state index in [1.165, 1.54) is 45.1 Å². The lowest BCUT2D eigenvalue weighted by Gasteiger charge is -2.46. The molecule has 178 valence electrons. The predicted molar refractivity (Wildman–Crippen MR) is 129 cm³/mol. The van der Waals surface area contributed by atoms with Crippen LogP contribution >= 0.6 is 23.2 Å². The molecule has 0 atom stereocenters. The second kappa shape index (κ2) is 12.5. The van der Waals surface area contributed by atoms with Gasteiger partial charge in [0.05, 0.1) is 13.2 Å². The zero-order chi connectivity index (χ0) is 22.9. The second-order valence-electron chi connectivity index (χ2n) is 9.79. The number of hydrogen-bond acceptors (Lipinski definition) is 7. The number of nitrogens with zero attached hydrogens (tertiary/aromatic N) is 4. The van der Waals surface area contributed by atoms with Gasteiger partial charge in [0.2, 0.25) is 16.5 Å². The summed E-state index contributed by atoms with van der Waals surface area (Å²) in [6, 6.07) is 0.683. The van der Waals surface area contributed by atoms with E-state index in [2.05, 4.69) is 60.2 Å². The first-order valence-corrected chi connectivity index (χ1v) is 12.3. The fourth-order valence-corrected chi connectivity index (χ4v) is 4.90. The van der Waals surface area contributed by atoms with Crippen LogP contribution in [-0.2, 0) is 4.74 Å². The number of unbranched alkanes of at least 4 members (excludes halogenated alkanes) is 3. The van der Waals surface area contributed by atoms with E-state index in [4.69, 9.17) is 27.9 Å². The van der Waals surface area contributed by atoms with Crippen LogP contribution in [0, 0.1) is 0 Å². The highest BCUT2D eigenvalue weighted by Crippen LogP contribution is 2.28. The third-order valence-corrected chi connectivity index (χ3v) is 5.85. The highest BCUT2D eigenvalue weighted by atomic mass is 35.5. The third-order valence-electron chi connectivity index (χ3n) is 5.52. The van der Waals surface area contributed by atoms with Crippen LogP contribution in [0.25, 0.3) is 0 Å². The summed E-state index contributed by atoms with van der Waals surface area (Å²) in [6.07, 6.45) is 7.90. The van der Waals surface area contributed by atoms with Gasteiger partial charge in [-0.15, -0.1) is 0 Å². The number of ether oxygens (including phenoxy) is 1. The lowest BCUT2D eigenvalue weighted by atomic mass is 9.79. The van der Waals surface area contributed by atoms with E-state index in [0.29, 0.717) is 25.2 Å². The Morgan fingerprint density at radius 3 is 2.10 bits per heavy atom. The molecule has 2 saturated heterocycles. The van der Waals surface area contributed by atoms with Gasteiger partial charge in [0.1, 0.15) is 0 Å². The van der Waals surface area contributed by atoms with E-state index in [-0.39, 0.29) is 21.6 Å². The molecule has 0 aromatic carbocycles. The van der Waals surface area contributed by atoms with Crippen LogP contribution in [0.1, 0.15) is 73.1 Å². The van der Waals surface area contributed by atoms with Crippen LogP contribution in [0.15, 0.2) is 0 Å². The second-order valence-corrected chi connectivity index (χ2v) is 10.5. The molecule has 7 nitrogen and oxygen atoms in total. The summed E-state index contributed by atoms with van der Waals surface area (Å²) in [4.78, 5) is 13.6. The Morgan fingerprint density at radius 2 is 1.55 bits per heavy atom. The van der Waals surface area contributed by atoms with E-state index in [9.17, 15) is 0 Å². The van der Waals surface area contributed by atoms with Crippen LogP contribution < -0.4 is 15.5 Å². The number of anilines is 1. The molecule has 0 saturated carbocycles. The molecule has 0 radical (unpaired) electrons. The highest BCUT2D eigenvalue weighted by molar-refractivity contribution is 6.31. The minimum absolute atomic E-state index is 0.117. The van der Waals surface area contributed by atoms with Crippen molar-refractivity contribution in [2.24, 2.45) is 0 Å². The quantitative estimate of drug-likeness (QED) is 0.563. The maximum absolute atomic E-state index is 5.66. The van der Waals surface area contributed by atoms with Crippen LogP contribution in [-0.4, -0.2) is 64.9 Å². The molecule has 0 bridgehead atoms. The Morgan fingerprint density at radius 1 is 0.968 bits per heavy atom. The summed E-state index contributed by atoms with van der Waals surface area (Å²) in [6.45, 7) is 15.6. The molecule has 0 aliphatic carbocycles. The van der Waals surface area contributed by atoms with Gasteiger partial charge in [-0.1, -0.05) is 26.2 Å². The zero-order valence-corrected chi connectivity index (χ0v) is 21.3. The highest BCUT2D eigenvalue weighted by Gasteiger charge is 2.37. The maximum atomic E-state index is 5.66. The molecule has 2 aliphatic rings. The standard InChI is InChI=1S/C15H32N2.C7H8Cl2N4O/c1-6-7-8-9-10-16-13-11-14(2,3)17-15(4,5)12-13;8-5-10-6(9)12-7(11-5)13-1-3-14-4-2-13/h13,16-17H,6-12H2,1-5H3;1-4H2. The van der Waals surface area contributed by atoms with Crippen molar-refractivity contribution >= 4 is 29.2 Å². The van der Waals surface area contributed by atoms with Gasteiger partial charge in [-0.2, -0.15) is 15.0 Å². The van der Waals surface area contributed by atoms with Crippen LogP contribution in [0.4, 0.5) is 5.95 Å². The molecule has 2 aliphatic heterocycles. The van der Waals surface area contributed by atoms with E-state index in [1.807, 2.05) is 4.90 Å². The lowest BCUT2D eigenvalue weighted by Crippen LogP contribution is -2.61. The van der Waals surface area contributed by atoms with Gasteiger partial charge in [-0.05, 0) is 76.7 Å². The van der Waals surface area contributed by atoms with Crippen LogP contribution in [0.2, 0.25) is 10.6 Å². The topological polar surface area (TPSA) is 75.2 Å². The lowest BCUT2D eigenvalue weighted by molar-refractivity contribution is 0.122. The van der Waals surface area contributed by atoms with E-state index in [1.54, 1.807) is 0 Å². The fraction of sp³-hybridized carbons (Fsp3) is 0.864. The molecule has 3 heterocycles. The van der Waals surface area contributed by atoms with Crippen molar-refractivity contribution in [2.45, 2.75) is 90.3 Å². The normalized spacial score (nSPS) is 20.8. The Hall–Kier alpha value is -0.730. The molecule has 1 aromatic heterocycles. The van der Waals surface area contributed by atoms with E-state index >= 15 is 0 Å². The number of aromatic nitrogens is 3. The first kappa shape index (κ1) is 26.5. The summed E-state index contributed by atoms with van der Waals surface area (Å²) in [7, 11) is 0. The average Bonchev–Trinajstić information content (AvgIpc) is 2.66. The average molecular weight is 476 g/mol. The number of nitrogens with one attached hydrogen (secondary N) is 2. The monoisotopic (exact) mass is 474 g/mol. The van der Waals surface area contributed by atoms with Gasteiger partial charge in [-0.3, -0.25) is 0 Å². The molecule has 31 heavy (non-hydrogen) atoms. The van der Waals surface area contributed by atoms with Gasteiger partial charge in [0.15, 0.2) is 0 Å². The van der Waals surface area contributed by atoms with Crippen LogP contribution in [0.5, 0.6) is 0 Å². The van der Waals surface area contributed by atoms with Gasteiger partial charge in [-0.25, -0.2) is 0 Å². The first-order chi connectivity index (χ1) is 14.6. The minimum Gasteiger partial charge on any atom is -0.378 e. The van der Waals surface area contributed by atoms with Crippen LogP contribution in [0.3, 0.4) is 0 Å². The number of morpholine rings is 1. The van der Waals surface area contributed by atoms with Crippen molar-refractivity contribution < 1.29 is 4.74 Å². The smallest absolute Gasteiger partial charge is 0.231 e. The van der Waals surface area contributed by atoms with Crippen molar-refractivity contribution in [1.82, 2.24) is 25.6 Å². The van der Waals surface area contributed by atoms with Crippen molar-refractivity contribution in [3.63, 3.8) is 0 Å². The molecule has 0 spiro atoms. The molecule has 1 aromatic rings. The summed E-state index contributed by atoms with van der Waals surface area (Å²) in [5.74, 6) is 0.512. The summed E-state index contributed by atoms with van der Waals surface area (Å²) in [5.41, 5.74) is 0.533. The molecule has 0 unspecified atom stereocenters. The minimum atomic E-state index is 0.117. The van der Waals surface area contributed by atoms with Crippen molar-refractivity contribution in [3.05, 3.63) is 10.6 Å². The molecule has 9 heteroatoms. The largest absolute Gasteiger partial charge is 0.378 e. The SMILES string of the molecule is CCCCCCNC1CC(C)(C)NC(C)(C)C1.Clc1nc(Cl)nc(N2CCOCC2)n1. The number of halogens is 2. The van der Waals surface area contributed by atoms with E-state index < -0.39 is 0 Å².